The van der Waals surface area contributed by atoms with Crippen molar-refractivity contribution in [3.8, 4) is 0 Å². The van der Waals surface area contributed by atoms with Gasteiger partial charge >= 0.3 is 0 Å². The monoisotopic (exact) mass is 302 g/mol. The first-order valence-electron chi connectivity index (χ1n) is 5.81. The van der Waals surface area contributed by atoms with E-state index in [1.54, 1.807) is 13.0 Å². The summed E-state index contributed by atoms with van der Waals surface area (Å²) in [6, 6.07) is 4.55. The number of nitrogens with one attached hydrogen (secondary N) is 1. The molecular weight excluding hydrogens is 290 g/mol. The van der Waals surface area contributed by atoms with E-state index in [1.807, 2.05) is 0 Å². The molecule has 0 spiro atoms. The molecule has 19 heavy (non-hydrogen) atoms. The fraction of sp³-hybridized carbons (Fsp3) is 0.308. The highest BCUT2D eigenvalue weighted by Crippen LogP contribution is 2.42. The second-order valence-electron chi connectivity index (χ2n) is 4.22. The number of aromatic nitrogens is 2. The highest BCUT2D eigenvalue weighted by atomic mass is 35.5. The van der Waals surface area contributed by atoms with Gasteiger partial charge in [0.2, 0.25) is 0 Å². The van der Waals surface area contributed by atoms with Crippen LogP contribution in [0.3, 0.4) is 0 Å². The number of hydrogen-bond acceptors (Lipinski definition) is 2. The molecule has 0 amide bonds. The quantitative estimate of drug-likeness (QED) is 0.896. The SMILES string of the molecule is CCC(F)(c1ncc[nH]1)C(O)c1ccc(Cl)cc1Cl. The number of benzene rings is 1. The van der Waals surface area contributed by atoms with Crippen LogP contribution in [0.4, 0.5) is 4.39 Å². The number of aliphatic hydroxyl groups is 1. The highest BCUT2D eigenvalue weighted by Gasteiger charge is 2.42. The molecule has 6 heteroatoms. The van der Waals surface area contributed by atoms with Gasteiger partial charge in [-0.2, -0.15) is 0 Å². The molecule has 0 aliphatic rings. The molecule has 2 atom stereocenters. The molecule has 0 bridgehead atoms. The van der Waals surface area contributed by atoms with Crippen LogP contribution in [0.5, 0.6) is 0 Å². The zero-order valence-corrected chi connectivity index (χ0v) is 11.7. The van der Waals surface area contributed by atoms with Gasteiger partial charge in [-0.25, -0.2) is 9.37 Å². The maximum absolute atomic E-state index is 15.0. The number of rotatable bonds is 4. The Morgan fingerprint density at radius 3 is 2.74 bits per heavy atom. The van der Waals surface area contributed by atoms with Crippen LogP contribution in [-0.4, -0.2) is 15.1 Å². The average molecular weight is 303 g/mol. The summed E-state index contributed by atoms with van der Waals surface area (Å²) < 4.78 is 15.0. The predicted octanol–water partition coefficient (Wildman–Crippen LogP) is 4.02. The molecule has 0 radical (unpaired) electrons. The van der Waals surface area contributed by atoms with Gasteiger partial charge in [0.15, 0.2) is 5.67 Å². The number of hydrogen-bond donors (Lipinski definition) is 2. The van der Waals surface area contributed by atoms with E-state index in [2.05, 4.69) is 9.97 Å². The van der Waals surface area contributed by atoms with Gasteiger partial charge in [0.25, 0.3) is 0 Å². The lowest BCUT2D eigenvalue weighted by atomic mass is 9.89. The second-order valence-corrected chi connectivity index (χ2v) is 5.07. The smallest absolute Gasteiger partial charge is 0.197 e. The Bertz CT molecular complexity index is 562. The van der Waals surface area contributed by atoms with Crippen LogP contribution in [0.15, 0.2) is 30.6 Å². The first-order valence-corrected chi connectivity index (χ1v) is 6.56. The summed E-state index contributed by atoms with van der Waals surface area (Å²) in [5.74, 6) is 0.0773. The summed E-state index contributed by atoms with van der Waals surface area (Å²) in [6.07, 6.45) is 1.58. The average Bonchev–Trinajstić information content (AvgIpc) is 2.91. The van der Waals surface area contributed by atoms with Crippen molar-refractivity contribution in [2.24, 2.45) is 0 Å². The molecule has 0 saturated carbocycles. The minimum absolute atomic E-state index is 0.0562. The third-order valence-electron chi connectivity index (χ3n) is 3.10. The van der Waals surface area contributed by atoms with Gasteiger partial charge < -0.3 is 10.1 Å². The van der Waals surface area contributed by atoms with E-state index >= 15 is 4.39 Å². The van der Waals surface area contributed by atoms with Crippen LogP contribution in [-0.2, 0) is 5.67 Å². The normalized spacial score (nSPS) is 16.1. The van der Waals surface area contributed by atoms with Crippen molar-refractivity contribution in [2.45, 2.75) is 25.1 Å². The predicted molar refractivity (Wildman–Crippen MR) is 73.1 cm³/mol. The number of aromatic amines is 1. The fourth-order valence-corrected chi connectivity index (χ4v) is 2.46. The van der Waals surface area contributed by atoms with E-state index in [0.29, 0.717) is 5.02 Å². The highest BCUT2D eigenvalue weighted by molar-refractivity contribution is 6.35. The van der Waals surface area contributed by atoms with Crippen molar-refractivity contribution in [1.29, 1.82) is 0 Å². The summed E-state index contributed by atoms with van der Waals surface area (Å²) in [5.41, 5.74) is -1.74. The molecule has 3 nitrogen and oxygen atoms in total. The van der Waals surface area contributed by atoms with Gasteiger partial charge in [-0.15, -0.1) is 0 Å². The molecule has 2 rings (SSSR count). The Morgan fingerprint density at radius 1 is 1.47 bits per heavy atom. The van der Waals surface area contributed by atoms with E-state index in [4.69, 9.17) is 23.2 Å². The standard InChI is InChI=1S/C13H13Cl2FN2O/c1-2-13(16,12-17-5-6-18-12)11(19)9-4-3-8(14)7-10(9)15/h3-7,11,19H,2H2,1H3,(H,17,18). The summed E-state index contributed by atoms with van der Waals surface area (Å²) in [4.78, 5) is 6.59. The van der Waals surface area contributed by atoms with Crippen LogP contribution in [0, 0.1) is 0 Å². The van der Waals surface area contributed by atoms with Crippen LogP contribution >= 0.6 is 23.2 Å². The molecule has 0 aliphatic heterocycles. The number of imidazole rings is 1. The van der Waals surface area contributed by atoms with Gasteiger partial charge in [-0.1, -0.05) is 36.2 Å². The molecular formula is C13H13Cl2FN2O. The summed E-state index contributed by atoms with van der Waals surface area (Å²) in [5, 5.41) is 11.0. The van der Waals surface area contributed by atoms with Crippen molar-refractivity contribution < 1.29 is 9.50 Å². The number of nitrogens with zero attached hydrogens (tertiary/aromatic N) is 1. The fourth-order valence-electron chi connectivity index (χ4n) is 1.95. The Balaban J connectivity index is 2.44. The molecule has 1 heterocycles. The van der Waals surface area contributed by atoms with Gasteiger partial charge in [-0.05, 0) is 18.6 Å². The molecule has 1 aromatic carbocycles. The third-order valence-corrected chi connectivity index (χ3v) is 3.66. The van der Waals surface area contributed by atoms with Crippen LogP contribution in [0.1, 0.15) is 30.8 Å². The van der Waals surface area contributed by atoms with E-state index in [9.17, 15) is 5.11 Å². The van der Waals surface area contributed by atoms with E-state index in [-0.39, 0.29) is 22.8 Å². The molecule has 0 saturated heterocycles. The van der Waals surface area contributed by atoms with E-state index in [0.717, 1.165) is 0 Å². The maximum atomic E-state index is 15.0. The van der Waals surface area contributed by atoms with Crippen molar-refractivity contribution >= 4 is 23.2 Å². The van der Waals surface area contributed by atoms with Crippen molar-refractivity contribution in [3.05, 3.63) is 52.0 Å². The summed E-state index contributed by atoms with van der Waals surface area (Å²) in [6.45, 7) is 1.63. The van der Waals surface area contributed by atoms with Crippen molar-refractivity contribution in [2.75, 3.05) is 0 Å². The van der Waals surface area contributed by atoms with Crippen LogP contribution in [0.2, 0.25) is 10.0 Å². The van der Waals surface area contributed by atoms with Gasteiger partial charge in [0.05, 0.1) is 0 Å². The van der Waals surface area contributed by atoms with E-state index in [1.165, 1.54) is 24.5 Å². The van der Waals surface area contributed by atoms with Crippen LogP contribution < -0.4 is 0 Å². The molecule has 0 fully saturated rings. The maximum Gasteiger partial charge on any atom is 0.197 e. The first kappa shape index (κ1) is 14.3. The molecule has 2 unspecified atom stereocenters. The minimum atomic E-state index is -2.03. The molecule has 2 aromatic rings. The summed E-state index contributed by atoms with van der Waals surface area (Å²) in [7, 11) is 0. The molecule has 2 N–H and O–H groups in total. The Kier molecular flexibility index (Phi) is 4.13. The Morgan fingerprint density at radius 2 is 2.21 bits per heavy atom. The Hall–Kier alpha value is -1.10. The number of aliphatic hydroxyl groups excluding tert-OH is 1. The van der Waals surface area contributed by atoms with Gasteiger partial charge in [0.1, 0.15) is 11.9 Å². The van der Waals surface area contributed by atoms with Gasteiger partial charge in [0, 0.05) is 28.0 Å². The number of H-pyrrole nitrogens is 1. The lowest BCUT2D eigenvalue weighted by molar-refractivity contribution is -0.0239. The van der Waals surface area contributed by atoms with E-state index < -0.39 is 11.8 Å². The lowest BCUT2D eigenvalue weighted by Crippen LogP contribution is -2.29. The van der Waals surface area contributed by atoms with Gasteiger partial charge in [-0.3, -0.25) is 0 Å². The summed E-state index contributed by atoms with van der Waals surface area (Å²) >= 11 is 11.8. The Labute approximate surface area is 120 Å². The van der Waals surface area contributed by atoms with Crippen molar-refractivity contribution in [1.82, 2.24) is 9.97 Å². The zero-order valence-electron chi connectivity index (χ0n) is 10.2. The largest absolute Gasteiger partial charge is 0.384 e. The molecule has 102 valence electrons. The third kappa shape index (κ3) is 2.61. The topological polar surface area (TPSA) is 48.9 Å². The van der Waals surface area contributed by atoms with Crippen molar-refractivity contribution in [3.63, 3.8) is 0 Å². The molecule has 1 aromatic heterocycles. The minimum Gasteiger partial charge on any atom is -0.384 e. The molecule has 0 aliphatic carbocycles. The lowest BCUT2D eigenvalue weighted by Gasteiger charge is -2.28. The second kappa shape index (κ2) is 5.49. The first-order chi connectivity index (χ1) is 8.99. The number of halogens is 3. The zero-order chi connectivity index (χ0) is 14.0. The number of alkyl halides is 1. The van der Waals surface area contributed by atoms with Crippen LogP contribution in [0.25, 0.3) is 0 Å².